The molecule has 112 valence electrons. The molecule has 0 rings (SSSR count). The fourth-order valence-electron chi connectivity index (χ4n) is 1.46. The molecule has 0 saturated carbocycles. The van der Waals surface area contributed by atoms with Gasteiger partial charge in [-0.3, -0.25) is 4.79 Å². The van der Waals surface area contributed by atoms with Crippen LogP contribution < -0.4 is 5.32 Å². The number of aliphatic carboxylic acids is 1. The molecule has 0 aromatic heterocycles. The van der Waals surface area contributed by atoms with Gasteiger partial charge in [0.25, 0.3) is 0 Å². The van der Waals surface area contributed by atoms with Crippen LogP contribution in [0.2, 0.25) is 0 Å². The minimum absolute atomic E-state index is 0.128. The van der Waals surface area contributed by atoms with Crippen molar-refractivity contribution in [2.24, 2.45) is 5.92 Å². The van der Waals surface area contributed by atoms with Crippen molar-refractivity contribution >= 4 is 11.9 Å². The quantitative estimate of drug-likeness (QED) is 0.582. The molecule has 2 N–H and O–H groups in total. The highest BCUT2D eigenvalue weighted by Gasteiger charge is 2.27. The molecule has 0 heterocycles. The molecule has 3 unspecified atom stereocenters. The van der Waals surface area contributed by atoms with Gasteiger partial charge in [-0.15, -0.1) is 0 Å². The van der Waals surface area contributed by atoms with Gasteiger partial charge in [-0.05, 0) is 19.8 Å². The fourth-order valence-corrected chi connectivity index (χ4v) is 1.46. The second kappa shape index (κ2) is 9.75. The Bertz CT molecular complexity index is 282. The SMILES string of the molecule is CCOCCOC(C)C(=O)NC(C(=O)O)C(C)CC. The molecule has 0 aliphatic heterocycles. The van der Waals surface area contributed by atoms with Crippen molar-refractivity contribution in [3.05, 3.63) is 0 Å². The molecule has 19 heavy (non-hydrogen) atoms. The number of ether oxygens (including phenoxy) is 2. The summed E-state index contributed by atoms with van der Waals surface area (Å²) >= 11 is 0. The van der Waals surface area contributed by atoms with Crippen molar-refractivity contribution < 1.29 is 24.2 Å². The van der Waals surface area contributed by atoms with E-state index in [1.54, 1.807) is 13.8 Å². The Morgan fingerprint density at radius 2 is 1.84 bits per heavy atom. The van der Waals surface area contributed by atoms with Gasteiger partial charge in [0.05, 0.1) is 13.2 Å². The Hall–Kier alpha value is -1.14. The second-order valence-corrected chi connectivity index (χ2v) is 4.42. The van der Waals surface area contributed by atoms with Gasteiger partial charge < -0.3 is 19.9 Å². The first-order valence-electron chi connectivity index (χ1n) is 6.66. The molecule has 6 nitrogen and oxygen atoms in total. The molecule has 0 aliphatic carbocycles. The summed E-state index contributed by atoms with van der Waals surface area (Å²) in [6.45, 7) is 8.47. The maximum Gasteiger partial charge on any atom is 0.326 e. The zero-order valence-corrected chi connectivity index (χ0v) is 12.1. The minimum Gasteiger partial charge on any atom is -0.480 e. The third-order valence-electron chi connectivity index (χ3n) is 2.95. The summed E-state index contributed by atoms with van der Waals surface area (Å²) in [6.07, 6.45) is -0.0111. The lowest BCUT2D eigenvalue weighted by atomic mass is 9.99. The van der Waals surface area contributed by atoms with Gasteiger partial charge in [0.15, 0.2) is 0 Å². The number of nitrogens with one attached hydrogen (secondary N) is 1. The smallest absolute Gasteiger partial charge is 0.326 e. The van der Waals surface area contributed by atoms with E-state index in [1.165, 1.54) is 0 Å². The van der Waals surface area contributed by atoms with E-state index in [-0.39, 0.29) is 5.92 Å². The van der Waals surface area contributed by atoms with Crippen LogP contribution in [-0.2, 0) is 19.1 Å². The Morgan fingerprint density at radius 1 is 1.21 bits per heavy atom. The molecule has 6 heteroatoms. The largest absolute Gasteiger partial charge is 0.480 e. The predicted octanol–water partition coefficient (Wildman–Crippen LogP) is 1.04. The van der Waals surface area contributed by atoms with E-state index in [0.717, 1.165) is 0 Å². The van der Waals surface area contributed by atoms with Gasteiger partial charge in [0.2, 0.25) is 5.91 Å². The number of hydrogen-bond donors (Lipinski definition) is 2. The molecule has 0 fully saturated rings. The minimum atomic E-state index is -1.02. The zero-order valence-electron chi connectivity index (χ0n) is 12.1. The van der Waals surface area contributed by atoms with Crippen molar-refractivity contribution in [2.45, 2.75) is 46.3 Å². The average molecular weight is 275 g/mol. The number of carboxylic acids is 1. The standard InChI is InChI=1S/C13H25NO5/c1-5-9(3)11(13(16)17)14-12(15)10(4)19-8-7-18-6-2/h9-11H,5-8H2,1-4H3,(H,14,15)(H,16,17). The Morgan fingerprint density at radius 3 is 2.32 bits per heavy atom. The fraction of sp³-hybridized carbons (Fsp3) is 0.846. The number of carbonyl (C=O) groups is 2. The zero-order chi connectivity index (χ0) is 14.8. The molecular formula is C13H25NO5. The lowest BCUT2D eigenvalue weighted by Crippen LogP contribution is -2.48. The van der Waals surface area contributed by atoms with E-state index in [0.29, 0.717) is 26.2 Å². The van der Waals surface area contributed by atoms with Crippen LogP contribution in [0.3, 0.4) is 0 Å². The van der Waals surface area contributed by atoms with Crippen molar-refractivity contribution in [3.63, 3.8) is 0 Å². The second-order valence-electron chi connectivity index (χ2n) is 4.42. The normalized spacial score (nSPS) is 15.6. The van der Waals surface area contributed by atoms with E-state index in [2.05, 4.69) is 5.32 Å². The van der Waals surface area contributed by atoms with Crippen LogP contribution in [0.4, 0.5) is 0 Å². The molecule has 0 aromatic rings. The van der Waals surface area contributed by atoms with Crippen LogP contribution in [0.1, 0.15) is 34.1 Å². The molecule has 0 aliphatic rings. The summed E-state index contributed by atoms with van der Waals surface area (Å²) in [5, 5.41) is 11.6. The highest BCUT2D eigenvalue weighted by atomic mass is 16.5. The summed E-state index contributed by atoms with van der Waals surface area (Å²) in [7, 11) is 0. The number of amides is 1. The highest BCUT2D eigenvalue weighted by Crippen LogP contribution is 2.08. The monoisotopic (exact) mass is 275 g/mol. The summed E-state index contributed by atoms with van der Waals surface area (Å²) in [4.78, 5) is 22.9. The molecule has 0 spiro atoms. The Labute approximate surface area is 114 Å². The van der Waals surface area contributed by atoms with Gasteiger partial charge >= 0.3 is 5.97 Å². The molecule has 3 atom stereocenters. The van der Waals surface area contributed by atoms with Gasteiger partial charge in [-0.2, -0.15) is 0 Å². The summed E-state index contributed by atoms with van der Waals surface area (Å²) < 4.78 is 10.4. The van der Waals surface area contributed by atoms with Crippen molar-refractivity contribution in [3.8, 4) is 0 Å². The molecule has 0 saturated heterocycles. The number of rotatable bonds is 10. The summed E-state index contributed by atoms with van der Waals surface area (Å²) in [6, 6.07) is -0.879. The molecule has 0 radical (unpaired) electrons. The average Bonchev–Trinajstić information content (AvgIpc) is 2.39. The highest BCUT2D eigenvalue weighted by molar-refractivity contribution is 5.86. The van der Waals surface area contributed by atoms with E-state index in [1.807, 2.05) is 13.8 Å². The third kappa shape index (κ3) is 7.12. The van der Waals surface area contributed by atoms with Crippen LogP contribution >= 0.6 is 0 Å². The van der Waals surface area contributed by atoms with Crippen LogP contribution in [0, 0.1) is 5.92 Å². The maximum absolute atomic E-state index is 11.8. The number of carbonyl (C=O) groups excluding carboxylic acids is 1. The van der Waals surface area contributed by atoms with Crippen molar-refractivity contribution in [1.82, 2.24) is 5.32 Å². The Balaban J connectivity index is 4.20. The third-order valence-corrected chi connectivity index (χ3v) is 2.95. The molecular weight excluding hydrogens is 250 g/mol. The van der Waals surface area contributed by atoms with Crippen LogP contribution in [0.5, 0.6) is 0 Å². The van der Waals surface area contributed by atoms with E-state index >= 15 is 0 Å². The predicted molar refractivity (Wildman–Crippen MR) is 70.9 cm³/mol. The van der Waals surface area contributed by atoms with E-state index in [9.17, 15) is 9.59 Å². The van der Waals surface area contributed by atoms with Crippen molar-refractivity contribution in [2.75, 3.05) is 19.8 Å². The lowest BCUT2D eigenvalue weighted by Gasteiger charge is -2.22. The first kappa shape index (κ1) is 17.9. The van der Waals surface area contributed by atoms with E-state index in [4.69, 9.17) is 14.6 Å². The maximum atomic E-state index is 11.8. The summed E-state index contributed by atoms with van der Waals surface area (Å²) in [5.74, 6) is -1.56. The lowest BCUT2D eigenvalue weighted by molar-refractivity contribution is -0.145. The molecule has 1 amide bonds. The first-order chi connectivity index (χ1) is 8.93. The molecule has 0 aromatic carbocycles. The van der Waals surface area contributed by atoms with Gasteiger partial charge in [0.1, 0.15) is 12.1 Å². The Kier molecular flexibility index (Phi) is 9.16. The van der Waals surface area contributed by atoms with Crippen LogP contribution in [0.25, 0.3) is 0 Å². The van der Waals surface area contributed by atoms with Gasteiger partial charge in [-0.25, -0.2) is 4.79 Å². The number of hydrogen-bond acceptors (Lipinski definition) is 4. The number of carboxylic acid groups (broad SMARTS) is 1. The van der Waals surface area contributed by atoms with Crippen molar-refractivity contribution in [1.29, 1.82) is 0 Å². The van der Waals surface area contributed by atoms with Gasteiger partial charge in [0, 0.05) is 6.61 Å². The summed E-state index contributed by atoms with van der Waals surface area (Å²) in [5.41, 5.74) is 0. The molecule has 0 bridgehead atoms. The first-order valence-corrected chi connectivity index (χ1v) is 6.66. The van der Waals surface area contributed by atoms with E-state index < -0.39 is 24.0 Å². The van der Waals surface area contributed by atoms with Gasteiger partial charge in [-0.1, -0.05) is 20.3 Å². The topological polar surface area (TPSA) is 84.9 Å². The van der Waals surface area contributed by atoms with Crippen LogP contribution in [0.15, 0.2) is 0 Å². The van der Waals surface area contributed by atoms with Crippen LogP contribution in [-0.4, -0.2) is 48.9 Å².